The van der Waals surface area contributed by atoms with Crippen LogP contribution in [0, 0.1) is 0 Å². The Morgan fingerprint density at radius 2 is 2.15 bits per heavy atom. The van der Waals surface area contributed by atoms with E-state index in [0.717, 1.165) is 12.1 Å². The molecule has 1 unspecified atom stereocenters. The van der Waals surface area contributed by atoms with Gasteiger partial charge in [0, 0.05) is 18.9 Å². The first-order valence-electron chi connectivity index (χ1n) is 6.32. The molecule has 0 saturated carbocycles. The van der Waals surface area contributed by atoms with Crippen molar-refractivity contribution in [3.8, 4) is 0 Å². The number of hydrogen-bond acceptors (Lipinski definition) is 6. The fourth-order valence-corrected chi connectivity index (χ4v) is 2.57. The summed E-state index contributed by atoms with van der Waals surface area (Å²) in [5.74, 6) is 0.0406. The molecule has 106 valence electrons. The summed E-state index contributed by atoms with van der Waals surface area (Å²) in [5, 5.41) is 6.61. The minimum Gasteiger partial charge on any atom is -0.382 e. The van der Waals surface area contributed by atoms with Crippen LogP contribution in [0.25, 0.3) is 0 Å². The van der Waals surface area contributed by atoms with E-state index in [4.69, 9.17) is 5.73 Å². The van der Waals surface area contributed by atoms with Gasteiger partial charge in [-0.15, -0.1) is 0 Å². The van der Waals surface area contributed by atoms with Crippen molar-refractivity contribution in [2.45, 2.75) is 19.9 Å². The van der Waals surface area contributed by atoms with E-state index in [1.807, 2.05) is 26.0 Å². The number of carbonyl (C=O) groups is 1. The summed E-state index contributed by atoms with van der Waals surface area (Å²) in [6.45, 7) is 4.61. The predicted molar refractivity (Wildman–Crippen MR) is 80.8 cm³/mol. The van der Waals surface area contributed by atoms with Gasteiger partial charge in [-0.3, -0.25) is 9.78 Å². The standard InChI is InChI=1S/C13H17N5OS/c1-3-16-13-18-11(14)10(20-13)12(19)17-8(2)9-4-6-15-7-5-9/h4-8H,3,14H2,1-2H3,(H,16,18)(H,17,19). The first-order valence-corrected chi connectivity index (χ1v) is 7.14. The predicted octanol–water partition coefficient (Wildman–Crippen LogP) is 2.04. The zero-order valence-electron chi connectivity index (χ0n) is 11.4. The lowest BCUT2D eigenvalue weighted by atomic mass is 10.1. The van der Waals surface area contributed by atoms with Crippen LogP contribution < -0.4 is 16.4 Å². The van der Waals surface area contributed by atoms with Crippen LogP contribution in [-0.2, 0) is 0 Å². The van der Waals surface area contributed by atoms with Gasteiger partial charge < -0.3 is 16.4 Å². The van der Waals surface area contributed by atoms with Crippen LogP contribution in [0.4, 0.5) is 10.9 Å². The van der Waals surface area contributed by atoms with Gasteiger partial charge in [-0.1, -0.05) is 11.3 Å². The Morgan fingerprint density at radius 3 is 2.80 bits per heavy atom. The maximum Gasteiger partial charge on any atom is 0.265 e. The van der Waals surface area contributed by atoms with E-state index in [-0.39, 0.29) is 17.8 Å². The second-order valence-corrected chi connectivity index (χ2v) is 5.24. The molecule has 6 nitrogen and oxygen atoms in total. The highest BCUT2D eigenvalue weighted by atomic mass is 32.1. The first-order chi connectivity index (χ1) is 9.61. The number of nitrogen functional groups attached to an aromatic ring is 1. The van der Waals surface area contributed by atoms with Crippen LogP contribution in [0.5, 0.6) is 0 Å². The summed E-state index contributed by atoms with van der Waals surface area (Å²) in [7, 11) is 0. The SMILES string of the molecule is CCNc1nc(N)c(C(=O)NC(C)c2ccncc2)s1. The minimum absolute atomic E-state index is 0.116. The van der Waals surface area contributed by atoms with Gasteiger partial charge in [0.15, 0.2) is 5.13 Å². The highest BCUT2D eigenvalue weighted by Gasteiger charge is 2.18. The molecule has 0 saturated heterocycles. The number of nitrogens with zero attached hydrogens (tertiary/aromatic N) is 2. The fourth-order valence-electron chi connectivity index (χ4n) is 1.72. The number of pyridine rings is 1. The van der Waals surface area contributed by atoms with Crippen molar-refractivity contribution in [1.82, 2.24) is 15.3 Å². The van der Waals surface area contributed by atoms with E-state index < -0.39 is 0 Å². The summed E-state index contributed by atoms with van der Waals surface area (Å²) in [5.41, 5.74) is 6.76. The zero-order chi connectivity index (χ0) is 14.5. The number of carbonyl (C=O) groups excluding carboxylic acids is 1. The molecule has 1 amide bonds. The molecular weight excluding hydrogens is 274 g/mol. The zero-order valence-corrected chi connectivity index (χ0v) is 12.2. The maximum absolute atomic E-state index is 12.2. The van der Waals surface area contributed by atoms with E-state index in [1.54, 1.807) is 12.4 Å². The molecule has 0 aliphatic heterocycles. The Hall–Kier alpha value is -2.15. The molecule has 2 aromatic rings. The molecule has 7 heteroatoms. The summed E-state index contributed by atoms with van der Waals surface area (Å²) < 4.78 is 0. The second-order valence-electron chi connectivity index (χ2n) is 4.24. The van der Waals surface area contributed by atoms with Crippen LogP contribution in [0.1, 0.15) is 35.1 Å². The van der Waals surface area contributed by atoms with Crippen molar-refractivity contribution >= 4 is 28.2 Å². The highest BCUT2D eigenvalue weighted by Crippen LogP contribution is 2.25. The largest absolute Gasteiger partial charge is 0.382 e. The molecule has 0 bridgehead atoms. The lowest BCUT2D eigenvalue weighted by Crippen LogP contribution is -2.26. The molecule has 0 fully saturated rings. The van der Waals surface area contributed by atoms with Gasteiger partial charge in [-0.25, -0.2) is 4.98 Å². The van der Waals surface area contributed by atoms with E-state index >= 15 is 0 Å². The van der Waals surface area contributed by atoms with Crippen LogP contribution in [0.3, 0.4) is 0 Å². The quantitative estimate of drug-likeness (QED) is 0.784. The fraction of sp³-hybridized carbons (Fsp3) is 0.308. The minimum atomic E-state index is -0.214. The maximum atomic E-state index is 12.2. The molecule has 0 aliphatic rings. The molecule has 0 radical (unpaired) electrons. The molecule has 0 aliphatic carbocycles. The molecule has 0 aromatic carbocycles. The topological polar surface area (TPSA) is 92.9 Å². The van der Waals surface area contributed by atoms with Gasteiger partial charge in [0.25, 0.3) is 5.91 Å². The van der Waals surface area contributed by atoms with Gasteiger partial charge in [-0.2, -0.15) is 0 Å². The number of nitrogens with one attached hydrogen (secondary N) is 2. The van der Waals surface area contributed by atoms with Crippen LogP contribution in [-0.4, -0.2) is 22.4 Å². The summed E-state index contributed by atoms with van der Waals surface area (Å²) in [4.78, 5) is 20.7. The Labute approximate surface area is 121 Å². The number of anilines is 2. The van der Waals surface area contributed by atoms with E-state index in [9.17, 15) is 4.79 Å². The lowest BCUT2D eigenvalue weighted by molar-refractivity contribution is 0.0944. The Balaban J connectivity index is 2.08. The van der Waals surface area contributed by atoms with Crippen molar-refractivity contribution in [3.05, 3.63) is 35.0 Å². The van der Waals surface area contributed by atoms with Crippen molar-refractivity contribution in [2.75, 3.05) is 17.6 Å². The van der Waals surface area contributed by atoms with Crippen molar-refractivity contribution in [2.24, 2.45) is 0 Å². The molecule has 20 heavy (non-hydrogen) atoms. The third-order valence-corrected chi connectivity index (χ3v) is 3.77. The number of rotatable bonds is 5. The average molecular weight is 291 g/mol. The molecule has 2 rings (SSSR count). The molecular formula is C13H17N5OS. The van der Waals surface area contributed by atoms with Gasteiger partial charge in [0.2, 0.25) is 0 Å². The average Bonchev–Trinajstić information content (AvgIpc) is 2.81. The van der Waals surface area contributed by atoms with Gasteiger partial charge in [-0.05, 0) is 31.5 Å². The molecule has 2 heterocycles. The normalized spacial score (nSPS) is 11.9. The molecule has 2 aromatic heterocycles. The van der Waals surface area contributed by atoms with Crippen LogP contribution in [0.15, 0.2) is 24.5 Å². The second kappa shape index (κ2) is 6.33. The van der Waals surface area contributed by atoms with E-state index in [1.165, 1.54) is 11.3 Å². The third kappa shape index (κ3) is 3.24. The molecule has 4 N–H and O–H groups in total. The summed E-state index contributed by atoms with van der Waals surface area (Å²) >= 11 is 1.26. The van der Waals surface area contributed by atoms with Crippen molar-refractivity contribution in [1.29, 1.82) is 0 Å². The van der Waals surface area contributed by atoms with Crippen LogP contribution in [0.2, 0.25) is 0 Å². The summed E-state index contributed by atoms with van der Waals surface area (Å²) in [6.07, 6.45) is 3.39. The van der Waals surface area contributed by atoms with Gasteiger partial charge in [0.05, 0.1) is 6.04 Å². The third-order valence-electron chi connectivity index (χ3n) is 2.74. The summed E-state index contributed by atoms with van der Waals surface area (Å²) in [6, 6.07) is 3.62. The molecule has 0 spiro atoms. The number of nitrogens with two attached hydrogens (primary N) is 1. The van der Waals surface area contributed by atoms with E-state index in [2.05, 4.69) is 20.6 Å². The Bertz CT molecular complexity index is 584. The highest BCUT2D eigenvalue weighted by molar-refractivity contribution is 7.18. The Morgan fingerprint density at radius 1 is 1.45 bits per heavy atom. The van der Waals surface area contributed by atoms with E-state index in [0.29, 0.717) is 10.0 Å². The number of hydrogen-bond donors (Lipinski definition) is 3. The van der Waals surface area contributed by atoms with Crippen LogP contribution >= 0.6 is 11.3 Å². The van der Waals surface area contributed by atoms with Gasteiger partial charge in [0.1, 0.15) is 10.7 Å². The van der Waals surface area contributed by atoms with Crippen molar-refractivity contribution < 1.29 is 4.79 Å². The monoisotopic (exact) mass is 291 g/mol. The molecule has 1 atom stereocenters. The number of thiazole rings is 1. The lowest BCUT2D eigenvalue weighted by Gasteiger charge is -2.13. The van der Waals surface area contributed by atoms with Gasteiger partial charge >= 0.3 is 0 Å². The number of amides is 1. The van der Waals surface area contributed by atoms with Crippen molar-refractivity contribution in [3.63, 3.8) is 0 Å². The first kappa shape index (κ1) is 14.3. The Kier molecular flexibility index (Phi) is 4.52. The smallest absolute Gasteiger partial charge is 0.265 e. The number of aromatic nitrogens is 2.